The topological polar surface area (TPSA) is 72.2 Å². The predicted octanol–water partition coefficient (Wildman–Crippen LogP) is 0.730. The minimum atomic E-state index is -2.89. The lowest BCUT2D eigenvalue weighted by atomic mass is 10.0. The maximum atomic E-state index is 11.7. The normalized spacial score (nSPS) is 29.9. The Bertz CT molecular complexity index is 564. The van der Waals surface area contributed by atoms with Crippen LogP contribution >= 0.6 is 0 Å². The number of hydrogen-bond donors (Lipinski definition) is 1. The van der Waals surface area contributed by atoms with E-state index in [4.69, 9.17) is 0 Å². The van der Waals surface area contributed by atoms with Gasteiger partial charge in [-0.15, -0.1) is 0 Å². The second kappa shape index (κ2) is 4.90. The zero-order valence-electron chi connectivity index (χ0n) is 11.0. The molecule has 0 saturated carbocycles. The molecule has 1 fully saturated rings. The summed E-state index contributed by atoms with van der Waals surface area (Å²) in [5.41, 5.74) is 0.928. The molecule has 3 rings (SSSR count). The number of fused-ring (bicyclic) bond motifs is 1. The third-order valence-corrected chi connectivity index (χ3v) is 6.07. The van der Waals surface area contributed by atoms with E-state index < -0.39 is 9.84 Å². The van der Waals surface area contributed by atoms with Crippen molar-refractivity contribution in [3.63, 3.8) is 0 Å². The number of hydrogen-bond acceptors (Lipinski definition) is 4. The quantitative estimate of drug-likeness (QED) is 0.869. The molecular formula is C13H20N2O3S. The van der Waals surface area contributed by atoms with Gasteiger partial charge in [-0.25, -0.2) is 13.4 Å². The lowest BCUT2D eigenvalue weighted by Gasteiger charge is -2.21. The fourth-order valence-electron chi connectivity index (χ4n) is 3.14. The molecule has 0 aromatic carbocycles. The molecule has 0 aliphatic carbocycles. The molecule has 1 aromatic heterocycles. The molecule has 2 aliphatic heterocycles. The first kappa shape index (κ1) is 13.1. The Kier molecular flexibility index (Phi) is 3.39. The molecule has 0 radical (unpaired) electrons. The van der Waals surface area contributed by atoms with E-state index in [1.54, 1.807) is 0 Å². The number of aliphatic hydroxyl groups is 1. The fourth-order valence-corrected chi connectivity index (χ4v) is 4.86. The second-order valence-electron chi connectivity index (χ2n) is 5.78. The number of aliphatic hydroxyl groups excluding tert-OH is 1. The SMILES string of the molecule is O=S1(=O)CCCC(c2cn3c(n2)CCC(CO)C3)C1. The van der Waals surface area contributed by atoms with Crippen molar-refractivity contribution in [2.75, 3.05) is 18.1 Å². The van der Waals surface area contributed by atoms with E-state index in [0.717, 1.165) is 43.7 Å². The molecule has 1 saturated heterocycles. The molecule has 2 aliphatic rings. The highest BCUT2D eigenvalue weighted by Gasteiger charge is 2.29. The van der Waals surface area contributed by atoms with Gasteiger partial charge in [0, 0.05) is 37.6 Å². The van der Waals surface area contributed by atoms with Crippen LogP contribution in [0, 0.1) is 5.92 Å². The Morgan fingerprint density at radius 3 is 3.00 bits per heavy atom. The van der Waals surface area contributed by atoms with E-state index in [0.29, 0.717) is 11.7 Å². The smallest absolute Gasteiger partial charge is 0.150 e. The van der Waals surface area contributed by atoms with Crippen molar-refractivity contribution in [3.8, 4) is 0 Å². The van der Waals surface area contributed by atoms with Gasteiger partial charge in [0.15, 0.2) is 9.84 Å². The van der Waals surface area contributed by atoms with Crippen LogP contribution in [-0.4, -0.2) is 41.2 Å². The van der Waals surface area contributed by atoms with Gasteiger partial charge in [0.2, 0.25) is 0 Å². The van der Waals surface area contributed by atoms with E-state index in [-0.39, 0.29) is 18.3 Å². The summed E-state index contributed by atoms with van der Waals surface area (Å²) in [7, 11) is -2.89. The number of aromatic nitrogens is 2. The van der Waals surface area contributed by atoms with Crippen LogP contribution in [0.2, 0.25) is 0 Å². The van der Waals surface area contributed by atoms with Gasteiger partial charge in [-0.3, -0.25) is 0 Å². The van der Waals surface area contributed by atoms with Crippen LogP contribution in [0.4, 0.5) is 0 Å². The van der Waals surface area contributed by atoms with Gasteiger partial charge in [-0.2, -0.15) is 0 Å². The van der Waals surface area contributed by atoms with Crippen molar-refractivity contribution in [3.05, 3.63) is 17.7 Å². The van der Waals surface area contributed by atoms with Crippen LogP contribution < -0.4 is 0 Å². The molecule has 3 heterocycles. The molecule has 5 nitrogen and oxygen atoms in total. The molecule has 0 bridgehead atoms. The minimum absolute atomic E-state index is 0.0597. The maximum Gasteiger partial charge on any atom is 0.150 e. The summed E-state index contributed by atoms with van der Waals surface area (Å²) in [6.07, 6.45) is 5.51. The minimum Gasteiger partial charge on any atom is -0.396 e. The Labute approximate surface area is 113 Å². The maximum absolute atomic E-state index is 11.7. The molecule has 6 heteroatoms. The number of nitrogens with zero attached hydrogens (tertiary/aromatic N) is 2. The first-order chi connectivity index (χ1) is 9.07. The summed E-state index contributed by atoms with van der Waals surface area (Å²) < 4.78 is 25.5. The highest BCUT2D eigenvalue weighted by molar-refractivity contribution is 7.91. The van der Waals surface area contributed by atoms with Crippen molar-refractivity contribution < 1.29 is 13.5 Å². The Hall–Kier alpha value is -0.880. The van der Waals surface area contributed by atoms with Crippen molar-refractivity contribution in [1.82, 2.24) is 9.55 Å². The standard InChI is InChI=1S/C13H20N2O3S/c16-8-10-3-4-13-14-12(7-15(13)6-10)11-2-1-5-19(17,18)9-11/h7,10-11,16H,1-6,8-9H2. The van der Waals surface area contributed by atoms with E-state index in [1.807, 2.05) is 6.20 Å². The molecular weight excluding hydrogens is 264 g/mol. The van der Waals surface area contributed by atoms with Crippen LogP contribution in [0.5, 0.6) is 0 Å². The van der Waals surface area contributed by atoms with Crippen LogP contribution in [0.1, 0.15) is 36.7 Å². The summed E-state index contributed by atoms with van der Waals surface area (Å²) in [6, 6.07) is 0. The fraction of sp³-hybridized carbons (Fsp3) is 0.769. The Balaban J connectivity index is 1.81. The zero-order valence-corrected chi connectivity index (χ0v) is 11.8. The summed E-state index contributed by atoms with van der Waals surface area (Å²) in [5.74, 6) is 1.98. The molecule has 19 heavy (non-hydrogen) atoms. The number of imidazole rings is 1. The Morgan fingerprint density at radius 2 is 2.26 bits per heavy atom. The van der Waals surface area contributed by atoms with E-state index in [1.165, 1.54) is 0 Å². The molecule has 0 amide bonds. The average Bonchev–Trinajstić information content (AvgIpc) is 2.80. The van der Waals surface area contributed by atoms with Crippen molar-refractivity contribution in [1.29, 1.82) is 0 Å². The van der Waals surface area contributed by atoms with Crippen LogP contribution in [0.25, 0.3) is 0 Å². The van der Waals surface area contributed by atoms with Crippen LogP contribution in [0.15, 0.2) is 6.20 Å². The van der Waals surface area contributed by atoms with Gasteiger partial charge in [-0.1, -0.05) is 0 Å². The van der Waals surface area contributed by atoms with E-state index in [9.17, 15) is 13.5 Å². The van der Waals surface area contributed by atoms with Gasteiger partial charge in [0.25, 0.3) is 0 Å². The van der Waals surface area contributed by atoms with Gasteiger partial charge in [0.1, 0.15) is 5.82 Å². The number of rotatable bonds is 2. The van der Waals surface area contributed by atoms with Gasteiger partial charge in [0.05, 0.1) is 17.2 Å². The molecule has 106 valence electrons. The third-order valence-electron chi connectivity index (χ3n) is 4.25. The largest absolute Gasteiger partial charge is 0.396 e. The average molecular weight is 284 g/mol. The van der Waals surface area contributed by atoms with Crippen molar-refractivity contribution in [2.24, 2.45) is 5.92 Å². The number of sulfone groups is 1. The Morgan fingerprint density at radius 1 is 1.42 bits per heavy atom. The highest BCUT2D eigenvalue weighted by atomic mass is 32.2. The van der Waals surface area contributed by atoms with Gasteiger partial charge >= 0.3 is 0 Å². The van der Waals surface area contributed by atoms with E-state index in [2.05, 4.69) is 9.55 Å². The summed E-state index contributed by atoms with van der Waals surface area (Å²) in [4.78, 5) is 4.63. The van der Waals surface area contributed by atoms with Crippen LogP contribution in [0.3, 0.4) is 0 Å². The molecule has 2 atom stereocenters. The second-order valence-corrected chi connectivity index (χ2v) is 8.00. The molecule has 0 spiro atoms. The molecule has 1 N–H and O–H groups in total. The molecule has 2 unspecified atom stereocenters. The lowest BCUT2D eigenvalue weighted by Crippen LogP contribution is -2.23. The van der Waals surface area contributed by atoms with E-state index >= 15 is 0 Å². The zero-order chi connectivity index (χ0) is 13.5. The lowest BCUT2D eigenvalue weighted by molar-refractivity contribution is 0.190. The highest BCUT2D eigenvalue weighted by Crippen LogP contribution is 2.29. The summed E-state index contributed by atoms with van der Waals surface area (Å²) >= 11 is 0. The van der Waals surface area contributed by atoms with Gasteiger partial charge < -0.3 is 9.67 Å². The monoisotopic (exact) mass is 284 g/mol. The first-order valence-corrected chi connectivity index (χ1v) is 8.77. The first-order valence-electron chi connectivity index (χ1n) is 6.94. The third kappa shape index (κ3) is 2.69. The van der Waals surface area contributed by atoms with Gasteiger partial charge in [-0.05, 0) is 19.3 Å². The predicted molar refractivity (Wildman–Crippen MR) is 71.8 cm³/mol. The number of aryl methyl sites for hydroxylation is 1. The van der Waals surface area contributed by atoms with Crippen LogP contribution in [-0.2, 0) is 22.8 Å². The summed E-state index contributed by atoms with van der Waals surface area (Å²) in [5, 5.41) is 9.23. The van der Waals surface area contributed by atoms with Crippen molar-refractivity contribution in [2.45, 2.75) is 38.1 Å². The van der Waals surface area contributed by atoms with Crippen molar-refractivity contribution >= 4 is 9.84 Å². The molecule has 1 aromatic rings. The summed E-state index contributed by atoms with van der Waals surface area (Å²) in [6.45, 7) is 1.02.